The van der Waals surface area contributed by atoms with Crippen LogP contribution in [0.5, 0.6) is 0 Å². The first-order valence-corrected chi connectivity index (χ1v) is 13.5. The molecule has 0 atom stereocenters. The molecule has 0 aliphatic carbocycles. The number of benzene rings is 3. The van der Waals surface area contributed by atoms with Crippen molar-refractivity contribution in [3.05, 3.63) is 89.5 Å². The quantitative estimate of drug-likeness (QED) is 0.448. The van der Waals surface area contributed by atoms with Crippen LogP contribution in [0, 0.1) is 13.8 Å². The van der Waals surface area contributed by atoms with Crippen molar-refractivity contribution in [3.63, 3.8) is 0 Å². The van der Waals surface area contributed by atoms with Crippen molar-refractivity contribution in [2.75, 3.05) is 17.0 Å². The lowest BCUT2D eigenvalue weighted by molar-refractivity contribution is 0.0953. The number of amides is 1. The van der Waals surface area contributed by atoms with Crippen LogP contribution >= 0.6 is 0 Å². The molecule has 0 bridgehead atoms. The fourth-order valence-corrected chi connectivity index (χ4v) is 5.57. The van der Waals surface area contributed by atoms with E-state index in [0.29, 0.717) is 11.3 Å². The first-order valence-electron chi connectivity index (χ1n) is 10.3. The number of carbonyl (C=O) groups excluding carboxylic acids is 1. The molecule has 0 fully saturated rings. The van der Waals surface area contributed by atoms with E-state index in [1.807, 2.05) is 13.8 Å². The van der Waals surface area contributed by atoms with Crippen LogP contribution in [-0.2, 0) is 19.9 Å². The molecule has 3 aromatic rings. The molecule has 1 amide bonds. The van der Waals surface area contributed by atoms with Gasteiger partial charge in [0.25, 0.3) is 15.9 Å². The van der Waals surface area contributed by atoms with E-state index in [1.54, 1.807) is 48.5 Å². The highest BCUT2D eigenvalue weighted by Crippen LogP contribution is 2.19. The Bertz CT molecular complexity index is 1340. The monoisotopic (exact) mass is 486 g/mol. The van der Waals surface area contributed by atoms with Crippen LogP contribution in [0.3, 0.4) is 0 Å². The maximum absolute atomic E-state index is 12.6. The van der Waals surface area contributed by atoms with E-state index >= 15 is 0 Å². The van der Waals surface area contributed by atoms with Crippen LogP contribution in [0.15, 0.2) is 82.6 Å². The molecule has 0 saturated heterocycles. The number of rotatable bonds is 9. The maximum atomic E-state index is 12.6. The van der Waals surface area contributed by atoms with Gasteiger partial charge in [-0.2, -0.15) is 0 Å². The highest BCUT2D eigenvalue weighted by Gasteiger charge is 2.16. The second kappa shape index (κ2) is 10.2. The second-order valence-corrected chi connectivity index (χ2v) is 11.5. The molecular formula is C24H26N2O5S2. The zero-order valence-electron chi connectivity index (χ0n) is 18.4. The van der Waals surface area contributed by atoms with Crippen LogP contribution in [-0.4, -0.2) is 35.0 Å². The van der Waals surface area contributed by atoms with Gasteiger partial charge >= 0.3 is 0 Å². The third-order valence-corrected chi connectivity index (χ3v) is 8.36. The van der Waals surface area contributed by atoms with Crippen molar-refractivity contribution in [1.82, 2.24) is 5.32 Å². The first-order chi connectivity index (χ1) is 15.6. The van der Waals surface area contributed by atoms with E-state index in [4.69, 9.17) is 0 Å². The van der Waals surface area contributed by atoms with Crippen molar-refractivity contribution in [2.24, 2.45) is 0 Å². The summed E-state index contributed by atoms with van der Waals surface area (Å²) < 4.78 is 52.2. The van der Waals surface area contributed by atoms with Gasteiger partial charge in [-0.05, 0) is 79.9 Å². The van der Waals surface area contributed by atoms with Gasteiger partial charge < -0.3 is 5.32 Å². The minimum Gasteiger partial charge on any atom is -0.352 e. The van der Waals surface area contributed by atoms with Crippen LogP contribution in [0.25, 0.3) is 0 Å². The number of sulfonamides is 1. The number of carbonyl (C=O) groups is 1. The van der Waals surface area contributed by atoms with Crippen LogP contribution < -0.4 is 10.0 Å². The zero-order valence-corrected chi connectivity index (χ0v) is 20.0. The number of sulfone groups is 1. The lowest BCUT2D eigenvalue weighted by Gasteiger charge is -2.11. The number of nitrogens with one attached hydrogen (secondary N) is 2. The average molecular weight is 487 g/mol. The molecule has 2 N–H and O–H groups in total. The summed E-state index contributed by atoms with van der Waals surface area (Å²) in [6.07, 6.45) is 0.275. The Labute approximate surface area is 194 Å². The summed E-state index contributed by atoms with van der Waals surface area (Å²) in [7, 11) is -7.14. The normalized spacial score (nSPS) is 11.7. The minimum atomic E-state index is -3.75. The van der Waals surface area contributed by atoms with Crippen molar-refractivity contribution < 1.29 is 21.6 Å². The van der Waals surface area contributed by atoms with E-state index in [2.05, 4.69) is 10.0 Å². The highest BCUT2D eigenvalue weighted by atomic mass is 32.2. The van der Waals surface area contributed by atoms with E-state index in [-0.39, 0.29) is 34.4 Å². The molecule has 0 unspecified atom stereocenters. The Balaban J connectivity index is 1.54. The fraction of sp³-hybridized carbons (Fsp3) is 0.208. The summed E-state index contributed by atoms with van der Waals surface area (Å²) in [6.45, 7) is 3.95. The molecule has 7 nitrogen and oxygen atoms in total. The predicted molar refractivity (Wildman–Crippen MR) is 129 cm³/mol. The van der Waals surface area contributed by atoms with E-state index in [0.717, 1.165) is 11.1 Å². The molecule has 0 aliphatic heterocycles. The average Bonchev–Trinajstić information content (AvgIpc) is 2.79. The molecular weight excluding hydrogens is 460 g/mol. The highest BCUT2D eigenvalue weighted by molar-refractivity contribution is 7.92. The molecule has 3 rings (SSSR count). The lowest BCUT2D eigenvalue weighted by Crippen LogP contribution is -2.26. The van der Waals surface area contributed by atoms with Crippen molar-refractivity contribution in [2.45, 2.75) is 30.1 Å². The van der Waals surface area contributed by atoms with Gasteiger partial charge in [0.05, 0.1) is 15.5 Å². The molecule has 0 aromatic heterocycles. The SMILES string of the molecule is Cc1ccc(S(=O)(=O)Nc2ccc(C(=O)NCCCS(=O)(=O)c3ccccc3)cc2)cc1C. The number of anilines is 1. The second-order valence-electron chi connectivity index (χ2n) is 7.67. The molecule has 0 aliphatic rings. The summed E-state index contributed by atoms with van der Waals surface area (Å²) in [5.74, 6) is -0.438. The van der Waals surface area contributed by atoms with Crippen molar-refractivity contribution in [1.29, 1.82) is 0 Å². The Morgan fingerprint density at radius 3 is 2.09 bits per heavy atom. The molecule has 174 valence electrons. The minimum absolute atomic E-state index is 0.0729. The van der Waals surface area contributed by atoms with Gasteiger partial charge in [-0.1, -0.05) is 24.3 Å². The Morgan fingerprint density at radius 2 is 1.45 bits per heavy atom. The van der Waals surface area contributed by atoms with Gasteiger partial charge in [0.2, 0.25) is 0 Å². The largest absolute Gasteiger partial charge is 0.352 e. The van der Waals surface area contributed by atoms with E-state index < -0.39 is 19.9 Å². The molecule has 9 heteroatoms. The first kappa shape index (κ1) is 24.5. The van der Waals surface area contributed by atoms with E-state index in [9.17, 15) is 21.6 Å². The van der Waals surface area contributed by atoms with Gasteiger partial charge in [0, 0.05) is 17.8 Å². The standard InChI is InChI=1S/C24H26N2O5S2/c1-18-9-14-23(17-19(18)2)33(30,31)26-21-12-10-20(11-13-21)24(27)25-15-6-16-32(28,29)22-7-4-3-5-8-22/h3-5,7-14,17,26H,6,15-16H2,1-2H3,(H,25,27). The summed E-state index contributed by atoms with van der Waals surface area (Å²) in [4.78, 5) is 12.8. The molecule has 0 spiro atoms. The fourth-order valence-electron chi connectivity index (χ4n) is 3.10. The Morgan fingerprint density at radius 1 is 0.788 bits per heavy atom. The third-order valence-electron chi connectivity index (χ3n) is 5.17. The zero-order chi connectivity index (χ0) is 24.1. The smallest absolute Gasteiger partial charge is 0.261 e. The Hall–Kier alpha value is -3.17. The number of hydrogen-bond donors (Lipinski definition) is 2. The van der Waals surface area contributed by atoms with Crippen LogP contribution in [0.1, 0.15) is 27.9 Å². The maximum Gasteiger partial charge on any atom is 0.261 e. The van der Waals surface area contributed by atoms with Crippen LogP contribution in [0.4, 0.5) is 5.69 Å². The van der Waals surface area contributed by atoms with Gasteiger partial charge in [0.1, 0.15) is 0 Å². The van der Waals surface area contributed by atoms with Gasteiger partial charge in [0.15, 0.2) is 9.84 Å². The molecule has 33 heavy (non-hydrogen) atoms. The summed E-state index contributed by atoms with van der Waals surface area (Å²) in [6, 6.07) is 19.1. The van der Waals surface area contributed by atoms with Crippen molar-refractivity contribution in [3.8, 4) is 0 Å². The predicted octanol–water partition coefficient (Wildman–Crippen LogP) is 3.70. The number of hydrogen-bond acceptors (Lipinski definition) is 5. The summed E-state index contributed by atoms with van der Waals surface area (Å²) >= 11 is 0. The summed E-state index contributed by atoms with van der Waals surface area (Å²) in [5, 5.41) is 2.69. The van der Waals surface area contributed by atoms with E-state index in [1.165, 1.54) is 24.3 Å². The lowest BCUT2D eigenvalue weighted by atomic mass is 10.1. The third kappa shape index (κ3) is 6.43. The topological polar surface area (TPSA) is 109 Å². The molecule has 3 aromatic carbocycles. The Kier molecular flexibility index (Phi) is 7.55. The van der Waals surface area contributed by atoms with Gasteiger partial charge in [-0.3, -0.25) is 9.52 Å². The van der Waals surface area contributed by atoms with Crippen molar-refractivity contribution >= 4 is 31.5 Å². The molecule has 0 heterocycles. The van der Waals surface area contributed by atoms with Gasteiger partial charge in [-0.25, -0.2) is 16.8 Å². The molecule has 0 saturated carbocycles. The molecule has 0 radical (unpaired) electrons. The van der Waals surface area contributed by atoms with Gasteiger partial charge in [-0.15, -0.1) is 0 Å². The summed E-state index contributed by atoms with van der Waals surface area (Å²) in [5.41, 5.74) is 2.55. The number of aryl methyl sites for hydroxylation is 2. The van der Waals surface area contributed by atoms with Crippen LogP contribution in [0.2, 0.25) is 0 Å².